The Morgan fingerprint density at radius 3 is 1.65 bits per heavy atom. The second-order valence-corrected chi connectivity index (χ2v) is 25.6. The number of fused-ring (bicyclic) bond motifs is 1. The number of methoxy groups -OCH3 is 2. The molecule has 1 heterocycles. The number of ether oxygens (including phenoxy) is 4. The summed E-state index contributed by atoms with van der Waals surface area (Å²) in [7, 11) is 0.890. The molecule has 40 heavy (non-hydrogen) atoms. The molecule has 6 nitrogen and oxygen atoms in total. The third kappa shape index (κ3) is 8.85. The number of hydrogen-bond acceptors (Lipinski definition) is 6. The molecule has 6 atom stereocenters. The van der Waals surface area contributed by atoms with E-state index in [2.05, 4.69) is 57.5 Å². The highest BCUT2D eigenvalue weighted by molar-refractivity contribution is 6.78. The Labute approximate surface area is 246 Å². The fraction of sp³-hybridized carbons (Fsp3) is 0.875. The van der Waals surface area contributed by atoms with Crippen LogP contribution in [0.4, 0.5) is 0 Å². The lowest BCUT2D eigenvalue weighted by Crippen LogP contribution is -2.42. The predicted molar refractivity (Wildman–Crippen MR) is 169 cm³/mol. The summed E-state index contributed by atoms with van der Waals surface area (Å²) >= 11 is 0. The van der Waals surface area contributed by atoms with Crippen LogP contribution in [0.3, 0.4) is 0 Å². The summed E-state index contributed by atoms with van der Waals surface area (Å²) in [4.78, 5) is 0. The molecule has 1 spiro atoms. The standard InChI is InChI=1S/C15H26O2Si.C9H18O2Si.C8H16O2/c1-18(2,3)13-9-7-8-12-14(13)17-15(16-12)10-5-4-6-11-15;1-12(2,3)8-6-4-5-7(10)9(8)11;1-9-8(10-2)6-4-3-5-7-8/h7,9,12-14H,4-6,8,10-11H2,1-3H3;4,6-11H,5H2,1-3H3;3-7H2,1-2H3/t12-,13-,14-;7-,8-,9-;/m00./s1. The topological polar surface area (TPSA) is 77.4 Å². The van der Waals surface area contributed by atoms with Crippen molar-refractivity contribution in [2.45, 2.75) is 163 Å². The third-order valence-corrected chi connectivity index (χ3v) is 14.7. The maximum atomic E-state index is 9.71. The van der Waals surface area contributed by atoms with Crippen molar-refractivity contribution >= 4 is 16.1 Å². The van der Waals surface area contributed by atoms with Crippen LogP contribution in [-0.2, 0) is 18.9 Å². The third-order valence-electron chi connectivity index (χ3n) is 9.61. The Morgan fingerprint density at radius 1 is 0.675 bits per heavy atom. The maximum absolute atomic E-state index is 9.71. The summed E-state index contributed by atoms with van der Waals surface area (Å²) in [5.74, 6) is -0.449. The van der Waals surface area contributed by atoms with E-state index < -0.39 is 28.4 Å². The van der Waals surface area contributed by atoms with Gasteiger partial charge < -0.3 is 29.2 Å². The molecular formula is C32H60O6Si2. The molecule has 5 aliphatic rings. The molecule has 4 aliphatic carbocycles. The Morgan fingerprint density at radius 2 is 1.18 bits per heavy atom. The molecule has 5 rings (SSSR count). The molecular weight excluding hydrogens is 537 g/mol. The highest BCUT2D eigenvalue weighted by Crippen LogP contribution is 2.48. The smallest absolute Gasteiger partial charge is 0.169 e. The molecule has 0 bridgehead atoms. The molecule has 2 saturated carbocycles. The average molecular weight is 597 g/mol. The molecule has 0 amide bonds. The van der Waals surface area contributed by atoms with Gasteiger partial charge in [0.15, 0.2) is 11.6 Å². The van der Waals surface area contributed by atoms with Crippen LogP contribution in [0.2, 0.25) is 50.4 Å². The van der Waals surface area contributed by atoms with Gasteiger partial charge in [0.25, 0.3) is 0 Å². The van der Waals surface area contributed by atoms with E-state index >= 15 is 0 Å². The summed E-state index contributed by atoms with van der Waals surface area (Å²) < 4.78 is 23.5. The Balaban J connectivity index is 0.000000175. The maximum Gasteiger partial charge on any atom is 0.169 e. The fourth-order valence-electron chi connectivity index (χ4n) is 7.00. The molecule has 2 N–H and O–H groups in total. The molecule has 0 aromatic carbocycles. The Bertz CT molecular complexity index is 814. The van der Waals surface area contributed by atoms with Gasteiger partial charge in [0.2, 0.25) is 0 Å². The van der Waals surface area contributed by atoms with Gasteiger partial charge in [0.1, 0.15) is 0 Å². The van der Waals surface area contributed by atoms with Crippen LogP contribution in [0, 0.1) is 0 Å². The highest BCUT2D eigenvalue weighted by Gasteiger charge is 2.52. The number of aliphatic hydroxyl groups excluding tert-OH is 2. The van der Waals surface area contributed by atoms with E-state index in [-0.39, 0.29) is 17.1 Å². The van der Waals surface area contributed by atoms with Crippen LogP contribution < -0.4 is 0 Å². The van der Waals surface area contributed by atoms with Crippen molar-refractivity contribution in [1.29, 1.82) is 0 Å². The van der Waals surface area contributed by atoms with Gasteiger partial charge in [-0.25, -0.2) is 0 Å². The second kappa shape index (κ2) is 14.4. The zero-order valence-electron chi connectivity index (χ0n) is 26.8. The monoisotopic (exact) mass is 596 g/mol. The second-order valence-electron chi connectivity index (χ2n) is 14.8. The van der Waals surface area contributed by atoms with Crippen LogP contribution in [0.15, 0.2) is 24.3 Å². The van der Waals surface area contributed by atoms with Crippen molar-refractivity contribution in [1.82, 2.24) is 0 Å². The zero-order valence-corrected chi connectivity index (χ0v) is 28.8. The summed E-state index contributed by atoms with van der Waals surface area (Å²) in [5, 5.41) is 19.1. The summed E-state index contributed by atoms with van der Waals surface area (Å²) in [6.07, 6.45) is 22.0. The van der Waals surface area contributed by atoms with Crippen LogP contribution in [0.25, 0.3) is 0 Å². The Kier molecular flexibility index (Phi) is 12.3. The first kappa shape index (κ1) is 34.2. The first-order valence-electron chi connectivity index (χ1n) is 15.9. The SMILES string of the molecule is COC1(OC)CCCCC1.C[Si](C)(C)[C@H]1C=CC[C@@H]2OC3(CCCCC3)O[C@@H]21.C[Si](C)(C)[C@H]1C=CC[C@H](O)[C@@H]1O. The van der Waals surface area contributed by atoms with E-state index in [1.165, 1.54) is 38.5 Å². The van der Waals surface area contributed by atoms with Gasteiger partial charge in [-0.05, 0) is 44.1 Å². The number of aliphatic hydroxyl groups is 2. The Hall–Kier alpha value is -0.326. The van der Waals surface area contributed by atoms with Crippen LogP contribution >= 0.6 is 0 Å². The minimum Gasteiger partial charge on any atom is -0.390 e. The average Bonchev–Trinajstić information content (AvgIpc) is 3.27. The molecule has 3 fully saturated rings. The van der Waals surface area contributed by atoms with E-state index in [0.29, 0.717) is 24.2 Å². The molecule has 0 unspecified atom stereocenters. The number of hydrogen-bond donors (Lipinski definition) is 2. The predicted octanol–water partition coefficient (Wildman–Crippen LogP) is 7.42. The van der Waals surface area contributed by atoms with Crippen LogP contribution in [-0.4, -0.2) is 76.6 Å². The van der Waals surface area contributed by atoms with Gasteiger partial charge >= 0.3 is 0 Å². The van der Waals surface area contributed by atoms with Crippen molar-refractivity contribution in [3.05, 3.63) is 24.3 Å². The molecule has 232 valence electrons. The quantitative estimate of drug-likeness (QED) is 0.200. The van der Waals surface area contributed by atoms with Crippen molar-refractivity contribution in [2.75, 3.05) is 14.2 Å². The van der Waals surface area contributed by atoms with E-state index in [9.17, 15) is 10.2 Å². The minimum atomic E-state index is -1.36. The first-order valence-corrected chi connectivity index (χ1v) is 23.1. The molecule has 0 aromatic rings. The summed E-state index contributed by atoms with van der Waals surface area (Å²) in [6, 6.07) is 0. The zero-order chi connectivity index (χ0) is 29.6. The largest absolute Gasteiger partial charge is 0.390 e. The highest BCUT2D eigenvalue weighted by atomic mass is 28.3. The van der Waals surface area contributed by atoms with E-state index in [4.69, 9.17) is 18.9 Å². The minimum absolute atomic E-state index is 0.209. The van der Waals surface area contributed by atoms with Gasteiger partial charge in [-0.15, -0.1) is 0 Å². The van der Waals surface area contributed by atoms with Crippen LogP contribution in [0.1, 0.15) is 77.0 Å². The lowest BCUT2D eigenvalue weighted by atomic mass is 9.94. The number of rotatable bonds is 4. The molecule has 0 aromatic heterocycles. The van der Waals surface area contributed by atoms with Crippen LogP contribution in [0.5, 0.6) is 0 Å². The normalized spacial score (nSPS) is 34.8. The van der Waals surface area contributed by atoms with E-state index in [1.54, 1.807) is 14.2 Å². The molecule has 8 heteroatoms. The molecule has 1 saturated heterocycles. The fourth-order valence-corrected chi connectivity index (χ4v) is 10.9. The van der Waals surface area contributed by atoms with E-state index in [1.807, 2.05) is 6.08 Å². The van der Waals surface area contributed by atoms with Gasteiger partial charge in [0.05, 0.1) is 40.6 Å². The van der Waals surface area contributed by atoms with Crippen molar-refractivity contribution in [3.8, 4) is 0 Å². The van der Waals surface area contributed by atoms with Gasteiger partial charge in [-0.1, -0.05) is 76.4 Å². The van der Waals surface area contributed by atoms with Crippen molar-refractivity contribution in [3.63, 3.8) is 0 Å². The van der Waals surface area contributed by atoms with Gasteiger partial charge in [-0.3, -0.25) is 0 Å². The van der Waals surface area contributed by atoms with Gasteiger partial charge in [-0.2, -0.15) is 0 Å². The summed E-state index contributed by atoms with van der Waals surface area (Å²) in [6.45, 7) is 14.0. The van der Waals surface area contributed by atoms with Crippen molar-refractivity contribution < 1.29 is 29.2 Å². The molecule has 0 radical (unpaired) electrons. The lowest BCUT2D eigenvalue weighted by molar-refractivity contribution is -0.222. The van der Waals surface area contributed by atoms with Gasteiger partial charge in [0, 0.05) is 45.4 Å². The summed E-state index contributed by atoms with van der Waals surface area (Å²) in [5.41, 5.74) is 0.832. The lowest BCUT2D eigenvalue weighted by Gasteiger charge is -2.36. The first-order chi connectivity index (χ1) is 18.8. The molecule has 1 aliphatic heterocycles. The van der Waals surface area contributed by atoms with E-state index in [0.717, 1.165) is 32.1 Å². The van der Waals surface area contributed by atoms with Crippen molar-refractivity contribution in [2.24, 2.45) is 0 Å².